The first kappa shape index (κ1) is 19.8. The lowest BCUT2D eigenvalue weighted by molar-refractivity contribution is -0.125. The number of benzene rings is 1. The van der Waals surface area contributed by atoms with Gasteiger partial charge in [0.1, 0.15) is 12.1 Å². The first-order valence-corrected chi connectivity index (χ1v) is 10.2. The monoisotopic (exact) mass is 407 g/mol. The maximum Gasteiger partial charge on any atom is 0.223 e. The number of piperidine rings is 1. The molecule has 2 amide bonds. The van der Waals surface area contributed by atoms with Gasteiger partial charge in [0.15, 0.2) is 5.65 Å². The van der Waals surface area contributed by atoms with Crippen molar-refractivity contribution in [3.8, 4) is 0 Å². The van der Waals surface area contributed by atoms with Crippen molar-refractivity contribution in [2.45, 2.75) is 25.8 Å². The first-order chi connectivity index (χ1) is 14.7. The highest BCUT2D eigenvalue weighted by Crippen LogP contribution is 2.22. The normalized spacial score (nSPS) is 14.6. The number of fused-ring (bicyclic) bond motifs is 1. The van der Waals surface area contributed by atoms with E-state index in [-0.39, 0.29) is 24.2 Å². The van der Waals surface area contributed by atoms with E-state index in [4.69, 9.17) is 0 Å². The second kappa shape index (κ2) is 9.34. The molecule has 1 aliphatic heterocycles. The van der Waals surface area contributed by atoms with Gasteiger partial charge in [0, 0.05) is 38.5 Å². The van der Waals surface area contributed by atoms with E-state index < -0.39 is 0 Å². The van der Waals surface area contributed by atoms with Gasteiger partial charge in [-0.1, -0.05) is 30.3 Å². The van der Waals surface area contributed by atoms with Crippen molar-refractivity contribution in [1.29, 1.82) is 0 Å². The fourth-order valence-electron chi connectivity index (χ4n) is 3.59. The molecule has 1 aliphatic rings. The molecule has 9 heteroatoms. The van der Waals surface area contributed by atoms with E-state index >= 15 is 0 Å². The highest BCUT2D eigenvalue weighted by atomic mass is 16.2. The number of carbonyl (C=O) groups excluding carboxylic acids is 2. The van der Waals surface area contributed by atoms with Gasteiger partial charge in [0.2, 0.25) is 11.8 Å². The Kier molecular flexibility index (Phi) is 6.17. The molecule has 0 saturated carbocycles. The van der Waals surface area contributed by atoms with Gasteiger partial charge >= 0.3 is 0 Å². The van der Waals surface area contributed by atoms with Crippen LogP contribution in [0, 0.1) is 5.92 Å². The van der Waals surface area contributed by atoms with Crippen molar-refractivity contribution in [1.82, 2.24) is 30.4 Å². The Morgan fingerprint density at radius 1 is 1.03 bits per heavy atom. The van der Waals surface area contributed by atoms with Crippen LogP contribution in [-0.2, 0) is 16.1 Å². The Morgan fingerprint density at radius 2 is 1.83 bits per heavy atom. The molecule has 9 nitrogen and oxygen atoms in total. The lowest BCUT2D eigenvalue weighted by atomic mass is 9.96. The van der Waals surface area contributed by atoms with E-state index in [0.29, 0.717) is 18.7 Å². The molecule has 0 bridgehead atoms. The highest BCUT2D eigenvalue weighted by Gasteiger charge is 2.25. The van der Waals surface area contributed by atoms with Gasteiger partial charge in [0.25, 0.3) is 0 Å². The molecule has 4 rings (SSSR count). The van der Waals surface area contributed by atoms with Crippen LogP contribution in [0.1, 0.15) is 24.8 Å². The predicted molar refractivity (Wildman–Crippen MR) is 112 cm³/mol. The Morgan fingerprint density at radius 3 is 2.63 bits per heavy atom. The number of rotatable bonds is 7. The van der Waals surface area contributed by atoms with Crippen molar-refractivity contribution >= 4 is 23.3 Å². The lowest BCUT2D eigenvalue weighted by Crippen LogP contribution is -2.41. The molecule has 3 aromatic rings. The smallest absolute Gasteiger partial charge is 0.223 e. The van der Waals surface area contributed by atoms with E-state index in [2.05, 4.69) is 30.8 Å². The summed E-state index contributed by atoms with van der Waals surface area (Å²) < 4.78 is 1.65. The molecule has 2 N–H and O–H groups in total. The number of nitrogens with zero attached hydrogens (tertiary/aromatic N) is 5. The van der Waals surface area contributed by atoms with Gasteiger partial charge in [-0.05, 0) is 30.5 Å². The molecule has 1 saturated heterocycles. The van der Waals surface area contributed by atoms with Gasteiger partial charge in [-0.2, -0.15) is 4.52 Å². The zero-order valence-electron chi connectivity index (χ0n) is 16.7. The van der Waals surface area contributed by atoms with Crippen molar-refractivity contribution in [2.24, 2.45) is 5.92 Å². The number of anilines is 1. The third kappa shape index (κ3) is 4.91. The van der Waals surface area contributed by atoms with Crippen LogP contribution in [0.4, 0.5) is 5.82 Å². The maximum absolute atomic E-state index is 12.4. The summed E-state index contributed by atoms with van der Waals surface area (Å²) in [6, 6.07) is 13.6. The Balaban J connectivity index is 1.16. The summed E-state index contributed by atoms with van der Waals surface area (Å²) >= 11 is 0. The fraction of sp³-hybridized carbons (Fsp3) is 0.381. The topological polar surface area (TPSA) is 105 Å². The molecule has 2 aromatic heterocycles. The van der Waals surface area contributed by atoms with Crippen LogP contribution in [-0.4, -0.2) is 51.3 Å². The largest absolute Gasteiger partial charge is 0.355 e. The van der Waals surface area contributed by atoms with Crippen LogP contribution in [0.3, 0.4) is 0 Å². The summed E-state index contributed by atoms with van der Waals surface area (Å²) in [5, 5.41) is 18.1. The fourth-order valence-corrected chi connectivity index (χ4v) is 3.59. The minimum atomic E-state index is -0.0653. The summed E-state index contributed by atoms with van der Waals surface area (Å²) in [6.07, 6.45) is 3.37. The van der Waals surface area contributed by atoms with Crippen LogP contribution >= 0.6 is 0 Å². The van der Waals surface area contributed by atoms with Gasteiger partial charge in [-0.15, -0.1) is 15.3 Å². The molecule has 0 unspecified atom stereocenters. The van der Waals surface area contributed by atoms with E-state index in [9.17, 15) is 9.59 Å². The molecular formula is C21H25N7O2. The van der Waals surface area contributed by atoms with Crippen LogP contribution < -0.4 is 15.5 Å². The minimum Gasteiger partial charge on any atom is -0.355 e. The second-order valence-electron chi connectivity index (χ2n) is 7.39. The number of hydrogen-bond donors (Lipinski definition) is 2. The average molecular weight is 407 g/mol. The molecule has 0 radical (unpaired) electrons. The summed E-state index contributed by atoms with van der Waals surface area (Å²) in [6.45, 7) is 2.37. The number of hydrogen-bond acceptors (Lipinski definition) is 6. The zero-order valence-corrected chi connectivity index (χ0v) is 16.7. The van der Waals surface area contributed by atoms with Gasteiger partial charge in [0.05, 0.1) is 0 Å². The van der Waals surface area contributed by atoms with Gasteiger partial charge in [-0.25, -0.2) is 0 Å². The second-order valence-corrected chi connectivity index (χ2v) is 7.39. The molecule has 1 aromatic carbocycles. The van der Waals surface area contributed by atoms with Crippen LogP contribution in [0.25, 0.3) is 5.65 Å². The predicted octanol–water partition coefficient (Wildman–Crippen LogP) is 1.16. The first-order valence-electron chi connectivity index (χ1n) is 10.2. The standard InChI is InChI=1S/C21H25N7O2/c29-20(23-14-16-4-2-1-3-5-16)8-11-22-21(30)17-9-12-27(13-10-17)19-7-6-18-25-24-15-28(18)26-19/h1-7,15,17H,8-14H2,(H,22,30)(H,23,29). The van der Waals surface area contributed by atoms with E-state index in [0.717, 1.165) is 37.3 Å². The summed E-state index contributed by atoms with van der Waals surface area (Å²) in [5.41, 5.74) is 1.76. The quantitative estimate of drug-likeness (QED) is 0.609. The number of carbonyl (C=O) groups is 2. The maximum atomic E-state index is 12.4. The third-order valence-corrected chi connectivity index (χ3v) is 5.32. The van der Waals surface area contributed by atoms with E-state index in [1.165, 1.54) is 0 Å². The number of aromatic nitrogens is 4. The van der Waals surface area contributed by atoms with Crippen LogP contribution in [0.15, 0.2) is 48.8 Å². The lowest BCUT2D eigenvalue weighted by Gasteiger charge is -2.32. The molecule has 156 valence electrons. The summed E-state index contributed by atoms with van der Waals surface area (Å²) in [4.78, 5) is 26.6. The molecule has 1 fully saturated rings. The molecule has 3 heterocycles. The molecule has 0 atom stereocenters. The van der Waals surface area contributed by atoms with Gasteiger partial charge in [-0.3, -0.25) is 9.59 Å². The summed E-state index contributed by atoms with van der Waals surface area (Å²) in [7, 11) is 0. The Bertz CT molecular complexity index is 997. The van der Waals surface area contributed by atoms with Crippen molar-refractivity contribution in [3.63, 3.8) is 0 Å². The molecular weight excluding hydrogens is 382 g/mol. The number of nitrogens with one attached hydrogen (secondary N) is 2. The van der Waals surface area contributed by atoms with Gasteiger partial charge < -0.3 is 15.5 Å². The van der Waals surface area contributed by atoms with Crippen molar-refractivity contribution < 1.29 is 9.59 Å². The Labute approximate surface area is 174 Å². The Hall–Kier alpha value is -3.49. The van der Waals surface area contributed by atoms with E-state index in [1.807, 2.05) is 42.5 Å². The third-order valence-electron chi connectivity index (χ3n) is 5.32. The van der Waals surface area contributed by atoms with Crippen molar-refractivity contribution in [2.75, 3.05) is 24.5 Å². The molecule has 0 spiro atoms. The van der Waals surface area contributed by atoms with Crippen molar-refractivity contribution in [3.05, 3.63) is 54.4 Å². The SMILES string of the molecule is O=C(CCNC(=O)C1CCN(c2ccc3nncn3n2)CC1)NCc1ccccc1. The zero-order chi connectivity index (χ0) is 20.8. The minimum absolute atomic E-state index is 0.0210. The number of amides is 2. The van der Waals surface area contributed by atoms with E-state index in [1.54, 1.807) is 10.8 Å². The average Bonchev–Trinajstić information content (AvgIpc) is 3.26. The van der Waals surface area contributed by atoms with Crippen LogP contribution in [0.2, 0.25) is 0 Å². The summed E-state index contributed by atoms with van der Waals surface area (Å²) in [5.74, 6) is 0.778. The molecule has 0 aliphatic carbocycles. The molecule has 30 heavy (non-hydrogen) atoms. The van der Waals surface area contributed by atoms with Crippen LogP contribution in [0.5, 0.6) is 0 Å². The highest BCUT2D eigenvalue weighted by molar-refractivity contribution is 5.80.